The Labute approximate surface area is 290 Å². The third-order valence-electron chi connectivity index (χ3n) is 8.17. The summed E-state index contributed by atoms with van der Waals surface area (Å²) in [6, 6.07) is 18.0. The molecule has 8 nitrogen and oxygen atoms in total. The van der Waals surface area contributed by atoms with E-state index in [-0.39, 0.29) is 44.7 Å². The van der Waals surface area contributed by atoms with Crippen molar-refractivity contribution in [1.29, 1.82) is 0 Å². The van der Waals surface area contributed by atoms with Crippen LogP contribution in [0.15, 0.2) is 60.7 Å². The van der Waals surface area contributed by atoms with E-state index in [2.05, 4.69) is 12.2 Å². The first-order valence-corrected chi connectivity index (χ1v) is 20.0. The second-order valence-corrected chi connectivity index (χ2v) is 14.3. The maximum absolute atomic E-state index is 13.7. The topological polar surface area (TPSA) is 100 Å². The number of phosphoric ester groups is 1. The Bertz CT molecular complexity index is 1080. The highest BCUT2D eigenvalue weighted by Gasteiger charge is 2.29. The molecule has 0 aromatic heterocycles. The van der Waals surface area contributed by atoms with Crippen LogP contribution in [0, 0.1) is 0 Å². The van der Waals surface area contributed by atoms with Gasteiger partial charge in [-0.1, -0.05) is 164 Å². The lowest BCUT2D eigenvalue weighted by Gasteiger charge is -2.23. The smallest absolute Gasteiger partial charge is 0.463 e. The lowest BCUT2D eigenvalue weighted by Crippen LogP contribution is -2.42. The monoisotopic (exact) mass is 687 g/mol. The molecule has 1 atom stereocenters. The van der Waals surface area contributed by atoms with Gasteiger partial charge in [0.2, 0.25) is 5.91 Å². The third-order valence-corrected chi connectivity index (χ3v) is 9.53. The zero-order valence-corrected chi connectivity index (χ0v) is 30.6. The molecule has 0 aliphatic carbocycles. The SMILES string of the molecule is CCCCCCCCCCCCCCCCCC(=O)N[C@@H](COC(=O)CCC)COP(=O)(OCc1ccccc1)OCc1ccccc1. The number of hydrogen-bond donors (Lipinski definition) is 1. The molecular formula is C39H62NO7P. The van der Waals surface area contributed by atoms with E-state index in [4.69, 9.17) is 18.3 Å². The molecule has 0 heterocycles. The minimum atomic E-state index is -4.05. The maximum atomic E-state index is 13.7. The predicted octanol–water partition coefficient (Wildman–Crippen LogP) is 10.6. The van der Waals surface area contributed by atoms with Gasteiger partial charge in [-0.25, -0.2) is 4.57 Å². The Hall–Kier alpha value is -2.51. The zero-order chi connectivity index (χ0) is 34.5. The molecule has 9 heteroatoms. The van der Waals surface area contributed by atoms with Crippen LogP contribution in [0.3, 0.4) is 0 Å². The van der Waals surface area contributed by atoms with Crippen LogP contribution in [0.25, 0.3) is 0 Å². The van der Waals surface area contributed by atoms with Gasteiger partial charge in [-0.2, -0.15) is 0 Å². The van der Waals surface area contributed by atoms with Gasteiger partial charge in [0.1, 0.15) is 6.61 Å². The Morgan fingerprint density at radius 2 is 1.04 bits per heavy atom. The van der Waals surface area contributed by atoms with Crippen LogP contribution in [0.5, 0.6) is 0 Å². The average Bonchev–Trinajstić information content (AvgIpc) is 3.10. The van der Waals surface area contributed by atoms with Gasteiger partial charge in [-0.05, 0) is 24.0 Å². The summed E-state index contributed by atoms with van der Waals surface area (Å²) in [5.41, 5.74) is 1.62. The standard InChI is InChI=1S/C39H62NO7P/c1-3-5-6-7-8-9-10-11-12-13-14-15-16-17-24-30-38(41)40-37(33-44-39(42)25-4-2)34-47-48(43,45-31-35-26-20-18-21-27-35)46-32-36-28-22-19-23-29-36/h18-23,26-29,37H,3-17,24-25,30-34H2,1-2H3,(H,40,41)/t37-/m0/s1. The third kappa shape index (κ3) is 21.5. The van der Waals surface area contributed by atoms with Gasteiger partial charge in [-0.15, -0.1) is 0 Å². The maximum Gasteiger partial charge on any atom is 0.475 e. The van der Waals surface area contributed by atoms with Gasteiger partial charge in [-0.3, -0.25) is 23.2 Å². The molecule has 0 spiro atoms. The summed E-state index contributed by atoms with van der Waals surface area (Å²) in [6.07, 6.45) is 20.2. The molecule has 0 aliphatic heterocycles. The van der Waals surface area contributed by atoms with E-state index in [1.54, 1.807) is 0 Å². The van der Waals surface area contributed by atoms with Crippen molar-refractivity contribution in [2.45, 2.75) is 149 Å². The first-order chi connectivity index (χ1) is 23.4. The average molecular weight is 688 g/mol. The molecule has 0 aliphatic rings. The lowest BCUT2D eigenvalue weighted by atomic mass is 10.0. The van der Waals surface area contributed by atoms with Crippen molar-refractivity contribution in [3.05, 3.63) is 71.8 Å². The number of carbonyl (C=O) groups is 2. The van der Waals surface area contributed by atoms with Crippen molar-refractivity contribution in [1.82, 2.24) is 5.32 Å². The fraction of sp³-hybridized carbons (Fsp3) is 0.641. The largest absolute Gasteiger partial charge is 0.475 e. The number of phosphoric acid groups is 1. The number of rotatable bonds is 30. The molecule has 2 rings (SSSR count). The Morgan fingerprint density at radius 1 is 0.583 bits per heavy atom. The van der Waals surface area contributed by atoms with E-state index in [9.17, 15) is 14.2 Å². The molecule has 1 N–H and O–H groups in total. The van der Waals surface area contributed by atoms with E-state index < -0.39 is 13.9 Å². The number of carbonyl (C=O) groups excluding carboxylic acids is 2. The summed E-state index contributed by atoms with van der Waals surface area (Å²) in [4.78, 5) is 25.0. The van der Waals surface area contributed by atoms with Crippen molar-refractivity contribution in [3.63, 3.8) is 0 Å². The number of hydrogen-bond acceptors (Lipinski definition) is 7. The van der Waals surface area contributed by atoms with Crippen LogP contribution < -0.4 is 5.32 Å². The second kappa shape index (κ2) is 27.3. The normalized spacial score (nSPS) is 12.1. The Balaban J connectivity index is 1.77. The fourth-order valence-corrected chi connectivity index (χ4v) is 6.51. The second-order valence-electron chi connectivity index (χ2n) is 12.7. The van der Waals surface area contributed by atoms with Gasteiger partial charge in [0.25, 0.3) is 0 Å². The molecule has 0 bridgehead atoms. The molecule has 2 aromatic carbocycles. The molecule has 1 amide bonds. The van der Waals surface area contributed by atoms with Crippen molar-refractivity contribution in [2.24, 2.45) is 0 Å². The number of amides is 1. The number of unbranched alkanes of at least 4 members (excludes halogenated alkanes) is 14. The van der Waals surface area contributed by atoms with Crippen LogP contribution in [0.1, 0.15) is 141 Å². The van der Waals surface area contributed by atoms with E-state index in [1.807, 2.05) is 67.6 Å². The first kappa shape index (κ1) is 41.7. The molecule has 0 unspecified atom stereocenters. The van der Waals surface area contributed by atoms with Crippen molar-refractivity contribution in [3.8, 4) is 0 Å². The molecule has 2 aromatic rings. The molecule has 48 heavy (non-hydrogen) atoms. The Kier molecular flexibility index (Phi) is 23.7. The van der Waals surface area contributed by atoms with E-state index in [0.717, 1.165) is 30.4 Å². The molecule has 0 saturated carbocycles. The van der Waals surface area contributed by atoms with Crippen molar-refractivity contribution < 1.29 is 32.5 Å². The van der Waals surface area contributed by atoms with Crippen LogP contribution in [0.4, 0.5) is 0 Å². The molecule has 0 radical (unpaired) electrons. The fourth-order valence-electron chi connectivity index (χ4n) is 5.31. The summed E-state index contributed by atoms with van der Waals surface area (Å²) in [5, 5.41) is 2.91. The molecule has 0 fully saturated rings. The van der Waals surface area contributed by atoms with Crippen molar-refractivity contribution in [2.75, 3.05) is 13.2 Å². The first-order valence-electron chi connectivity index (χ1n) is 18.5. The summed E-state index contributed by atoms with van der Waals surface area (Å²) in [5.74, 6) is -0.516. The summed E-state index contributed by atoms with van der Waals surface area (Å²) >= 11 is 0. The summed E-state index contributed by atoms with van der Waals surface area (Å²) in [7, 11) is -4.05. The minimum absolute atomic E-state index is 0.0224. The highest BCUT2D eigenvalue weighted by Crippen LogP contribution is 2.51. The van der Waals surface area contributed by atoms with Gasteiger partial charge < -0.3 is 10.1 Å². The summed E-state index contributed by atoms with van der Waals surface area (Å²) in [6.45, 7) is 3.90. The van der Waals surface area contributed by atoms with Gasteiger partial charge in [0, 0.05) is 12.8 Å². The molecule has 270 valence electrons. The zero-order valence-electron chi connectivity index (χ0n) is 29.7. The highest BCUT2D eigenvalue weighted by molar-refractivity contribution is 7.48. The lowest BCUT2D eigenvalue weighted by molar-refractivity contribution is -0.145. The number of benzene rings is 2. The van der Waals surface area contributed by atoms with Crippen molar-refractivity contribution >= 4 is 19.7 Å². The predicted molar refractivity (Wildman–Crippen MR) is 193 cm³/mol. The van der Waals surface area contributed by atoms with E-state index >= 15 is 0 Å². The van der Waals surface area contributed by atoms with Crippen LogP contribution in [-0.4, -0.2) is 31.1 Å². The quantitative estimate of drug-likeness (QED) is 0.0495. The van der Waals surface area contributed by atoms with Gasteiger partial charge in [0.15, 0.2) is 0 Å². The molecule has 0 saturated heterocycles. The van der Waals surface area contributed by atoms with Gasteiger partial charge >= 0.3 is 13.8 Å². The van der Waals surface area contributed by atoms with E-state index in [1.165, 1.54) is 77.0 Å². The number of esters is 1. The van der Waals surface area contributed by atoms with Gasteiger partial charge in [0.05, 0.1) is 25.9 Å². The number of nitrogens with one attached hydrogen (secondary N) is 1. The Morgan fingerprint density at radius 3 is 1.50 bits per heavy atom. The highest BCUT2D eigenvalue weighted by atomic mass is 31.2. The minimum Gasteiger partial charge on any atom is -0.463 e. The van der Waals surface area contributed by atoms with Crippen LogP contribution >= 0.6 is 7.82 Å². The summed E-state index contributed by atoms with van der Waals surface area (Å²) < 4.78 is 36.3. The number of ether oxygens (including phenoxy) is 1. The molecular weight excluding hydrogens is 625 g/mol. The van der Waals surface area contributed by atoms with Crippen LogP contribution in [-0.2, 0) is 45.7 Å². The van der Waals surface area contributed by atoms with E-state index in [0.29, 0.717) is 12.8 Å². The van der Waals surface area contributed by atoms with Crippen LogP contribution in [0.2, 0.25) is 0 Å².